The minimum atomic E-state index is -1.00. The lowest BCUT2D eigenvalue weighted by atomic mass is 9.98. The zero-order valence-corrected chi connectivity index (χ0v) is 24.1. The average molecular weight is 538 g/mol. The zero-order chi connectivity index (χ0) is 28.2. The van der Waals surface area contributed by atoms with E-state index in [9.17, 15) is 19.2 Å². The van der Waals surface area contributed by atoms with Crippen LogP contribution in [0.3, 0.4) is 0 Å². The lowest BCUT2D eigenvalue weighted by molar-refractivity contribution is -0.144. The molecule has 0 aliphatic carbocycles. The van der Waals surface area contributed by atoms with E-state index in [0.29, 0.717) is 18.5 Å². The molecular weight excluding hydrogens is 494 g/mol. The van der Waals surface area contributed by atoms with Crippen LogP contribution in [0.25, 0.3) is 0 Å². The van der Waals surface area contributed by atoms with Crippen LogP contribution in [-0.4, -0.2) is 65.9 Å². The van der Waals surface area contributed by atoms with E-state index in [1.165, 1.54) is 4.90 Å². The Morgan fingerprint density at radius 2 is 1.68 bits per heavy atom. The topological polar surface area (TPSA) is 114 Å². The molecule has 10 heteroatoms. The van der Waals surface area contributed by atoms with Gasteiger partial charge >= 0.3 is 12.1 Å². The molecule has 2 atom stereocenters. The number of carbonyl (C=O) groups excluding carboxylic acids is 4. The molecule has 2 N–H and O–H groups in total. The molecule has 1 rings (SSSR count). The minimum Gasteiger partial charge on any atom is -0.466 e. The van der Waals surface area contributed by atoms with Gasteiger partial charge in [0.2, 0.25) is 11.8 Å². The number of nitrogens with zero attached hydrogens (tertiary/aromatic N) is 1. The van der Waals surface area contributed by atoms with E-state index in [0.717, 1.165) is 17.5 Å². The predicted octanol–water partition coefficient (Wildman–Crippen LogP) is 3.87. The molecule has 0 radical (unpaired) electrons. The Labute approximate surface area is 226 Å². The number of ether oxygens (including phenoxy) is 2. The van der Waals surface area contributed by atoms with Crippen molar-refractivity contribution in [3.63, 3.8) is 0 Å². The normalized spacial score (nSPS) is 12.8. The molecule has 0 aromatic heterocycles. The first-order valence-corrected chi connectivity index (χ1v) is 13.4. The van der Waals surface area contributed by atoms with Crippen LogP contribution in [-0.2, 0) is 23.9 Å². The van der Waals surface area contributed by atoms with Crippen molar-refractivity contribution in [2.24, 2.45) is 0 Å². The molecular formula is C27H43N3O6S. The van der Waals surface area contributed by atoms with Crippen LogP contribution < -0.4 is 10.6 Å². The fraction of sp³-hybridized carbons (Fsp3) is 0.630. The third-order valence-corrected chi connectivity index (χ3v) is 5.63. The summed E-state index contributed by atoms with van der Waals surface area (Å²) >= 11 is 4.30. The number of unbranched alkanes of at least 4 members (excludes halogenated alkanes) is 1. The molecule has 0 saturated carbocycles. The highest BCUT2D eigenvalue weighted by molar-refractivity contribution is 7.80. The van der Waals surface area contributed by atoms with Crippen LogP contribution in [0.15, 0.2) is 18.2 Å². The third kappa shape index (κ3) is 11.5. The maximum atomic E-state index is 13.8. The second-order valence-electron chi connectivity index (χ2n) is 9.94. The summed E-state index contributed by atoms with van der Waals surface area (Å²) in [4.78, 5) is 53.0. The van der Waals surface area contributed by atoms with Gasteiger partial charge in [-0.1, -0.05) is 42.7 Å². The number of hydrogen-bond acceptors (Lipinski definition) is 7. The molecule has 0 bridgehead atoms. The number of nitrogens with one attached hydrogen (secondary N) is 2. The van der Waals surface area contributed by atoms with Gasteiger partial charge in [-0.3, -0.25) is 14.4 Å². The number of hydrogen-bond donors (Lipinski definition) is 3. The molecule has 0 saturated heterocycles. The highest BCUT2D eigenvalue weighted by Crippen LogP contribution is 2.25. The number of carbonyl (C=O) groups is 4. The zero-order valence-electron chi connectivity index (χ0n) is 23.2. The highest BCUT2D eigenvalue weighted by atomic mass is 32.1. The molecule has 1 aromatic rings. The number of alkyl carbamates (subject to hydrolysis) is 1. The second kappa shape index (κ2) is 15.5. The van der Waals surface area contributed by atoms with Crippen LogP contribution in [0, 0.1) is 13.8 Å². The molecule has 0 spiro atoms. The van der Waals surface area contributed by atoms with Crippen LogP contribution >= 0.6 is 12.6 Å². The minimum absolute atomic E-state index is 0.0154. The van der Waals surface area contributed by atoms with E-state index in [4.69, 9.17) is 9.47 Å². The number of esters is 1. The van der Waals surface area contributed by atoms with Crippen molar-refractivity contribution >= 4 is 36.5 Å². The molecule has 2 unspecified atom stereocenters. The lowest BCUT2D eigenvalue weighted by Crippen LogP contribution is -2.54. The van der Waals surface area contributed by atoms with Gasteiger partial charge in [-0.2, -0.15) is 12.6 Å². The monoisotopic (exact) mass is 537 g/mol. The van der Waals surface area contributed by atoms with Gasteiger partial charge in [0.1, 0.15) is 17.7 Å². The first-order chi connectivity index (χ1) is 17.3. The Hall–Kier alpha value is -2.75. The van der Waals surface area contributed by atoms with Gasteiger partial charge in [0.15, 0.2) is 0 Å². The number of aryl methyl sites for hydroxylation is 2. The summed E-state index contributed by atoms with van der Waals surface area (Å²) in [5, 5.41) is 5.38. The van der Waals surface area contributed by atoms with Gasteiger partial charge in [-0.05, 0) is 53.5 Å². The molecule has 9 nitrogen and oxygen atoms in total. The number of rotatable bonds is 13. The summed E-state index contributed by atoms with van der Waals surface area (Å²) in [5.41, 5.74) is 1.79. The Balaban J connectivity index is 3.36. The maximum Gasteiger partial charge on any atom is 0.408 e. The summed E-state index contributed by atoms with van der Waals surface area (Å²) in [6.07, 6.45) is 0.715. The van der Waals surface area contributed by atoms with E-state index < -0.39 is 41.6 Å². The van der Waals surface area contributed by atoms with Gasteiger partial charge in [0.25, 0.3) is 0 Å². The van der Waals surface area contributed by atoms with Gasteiger partial charge in [-0.25, -0.2) is 4.79 Å². The van der Waals surface area contributed by atoms with E-state index in [1.807, 2.05) is 39.0 Å². The highest BCUT2D eigenvalue weighted by Gasteiger charge is 2.35. The summed E-state index contributed by atoms with van der Waals surface area (Å²) < 4.78 is 10.3. The molecule has 37 heavy (non-hydrogen) atoms. The van der Waals surface area contributed by atoms with E-state index in [-0.39, 0.29) is 25.3 Å². The van der Waals surface area contributed by atoms with Crippen molar-refractivity contribution < 1.29 is 28.7 Å². The van der Waals surface area contributed by atoms with Crippen molar-refractivity contribution in [2.45, 2.75) is 85.4 Å². The van der Waals surface area contributed by atoms with E-state index >= 15 is 0 Å². The maximum absolute atomic E-state index is 13.8. The Morgan fingerprint density at radius 3 is 2.19 bits per heavy atom. The Morgan fingerprint density at radius 1 is 1.05 bits per heavy atom. The van der Waals surface area contributed by atoms with Gasteiger partial charge in [-0.15, -0.1) is 0 Å². The molecule has 3 amide bonds. The fourth-order valence-electron chi connectivity index (χ4n) is 3.79. The quantitative estimate of drug-likeness (QED) is 0.260. The SMILES string of the molecule is CCCCN(C(=O)C(CS)NC(=O)OC(C)(C)C)C(C(=O)NCCC(=O)OCC)c1cc(C)cc(C)c1. The van der Waals surface area contributed by atoms with E-state index in [2.05, 4.69) is 23.3 Å². The second-order valence-corrected chi connectivity index (χ2v) is 10.3. The predicted molar refractivity (Wildman–Crippen MR) is 147 cm³/mol. The summed E-state index contributed by atoms with van der Waals surface area (Å²) in [6.45, 7) is 13.4. The molecule has 0 aliphatic heterocycles. The number of thiol groups is 1. The van der Waals surface area contributed by atoms with Gasteiger partial charge in [0, 0.05) is 18.8 Å². The lowest BCUT2D eigenvalue weighted by Gasteiger charge is -2.34. The van der Waals surface area contributed by atoms with Crippen LogP contribution in [0.2, 0.25) is 0 Å². The molecule has 0 fully saturated rings. The molecule has 0 aliphatic rings. The van der Waals surface area contributed by atoms with Crippen LogP contribution in [0.5, 0.6) is 0 Å². The molecule has 0 heterocycles. The van der Waals surface area contributed by atoms with Crippen molar-refractivity contribution in [3.8, 4) is 0 Å². The van der Waals surface area contributed by atoms with Crippen LogP contribution in [0.4, 0.5) is 4.79 Å². The third-order valence-electron chi connectivity index (χ3n) is 5.26. The van der Waals surface area contributed by atoms with Crippen molar-refractivity contribution in [1.82, 2.24) is 15.5 Å². The van der Waals surface area contributed by atoms with Crippen molar-refractivity contribution in [1.29, 1.82) is 0 Å². The largest absolute Gasteiger partial charge is 0.466 e. The first-order valence-electron chi connectivity index (χ1n) is 12.7. The number of amides is 3. The first kappa shape index (κ1) is 32.3. The molecule has 1 aromatic carbocycles. The Bertz CT molecular complexity index is 911. The summed E-state index contributed by atoms with van der Waals surface area (Å²) in [6, 6.07) is 3.74. The van der Waals surface area contributed by atoms with Gasteiger partial charge in [0.05, 0.1) is 13.0 Å². The number of benzene rings is 1. The molecule has 208 valence electrons. The average Bonchev–Trinajstić information content (AvgIpc) is 2.78. The summed E-state index contributed by atoms with van der Waals surface area (Å²) in [7, 11) is 0. The van der Waals surface area contributed by atoms with Gasteiger partial charge < -0.3 is 25.0 Å². The van der Waals surface area contributed by atoms with E-state index in [1.54, 1.807) is 27.7 Å². The van der Waals surface area contributed by atoms with Crippen LogP contribution in [0.1, 0.15) is 76.6 Å². The summed E-state index contributed by atoms with van der Waals surface area (Å²) in [5.74, 6) is -1.26. The smallest absolute Gasteiger partial charge is 0.408 e. The Kier molecular flexibility index (Phi) is 13.5. The standard InChI is InChI=1S/C27H43N3O6S/c1-8-10-13-30(25(33)21(17-37)29-26(34)36-27(5,6)7)23(20-15-18(3)14-19(4)16-20)24(32)28-12-11-22(31)35-9-2/h14-16,21,23,37H,8-13,17H2,1-7H3,(H,28,32)(H,29,34). The fourth-order valence-corrected chi connectivity index (χ4v) is 4.04. The van der Waals surface area contributed by atoms with Crippen molar-refractivity contribution in [3.05, 3.63) is 34.9 Å². The van der Waals surface area contributed by atoms with Crippen molar-refractivity contribution in [2.75, 3.05) is 25.4 Å².